The van der Waals surface area contributed by atoms with Crippen LogP contribution in [-0.2, 0) is 25.7 Å². The lowest BCUT2D eigenvalue weighted by Crippen LogP contribution is -2.36. The number of rotatable bonds is 5. The molecule has 2 aromatic carbocycles. The molecule has 28 heavy (non-hydrogen) atoms. The fourth-order valence-corrected chi connectivity index (χ4v) is 4.15. The second-order valence-electron chi connectivity index (χ2n) is 7.48. The highest BCUT2D eigenvalue weighted by atomic mass is 16.5. The third kappa shape index (κ3) is 3.70. The van der Waals surface area contributed by atoms with E-state index < -0.39 is 5.97 Å². The average Bonchev–Trinajstić information content (AvgIpc) is 2.98. The third-order valence-corrected chi connectivity index (χ3v) is 5.68. The Morgan fingerprint density at radius 1 is 0.857 bits per heavy atom. The number of imide groups is 1. The van der Waals surface area contributed by atoms with Gasteiger partial charge in [-0.05, 0) is 29.5 Å². The van der Waals surface area contributed by atoms with Gasteiger partial charge in [0.1, 0.15) is 13.2 Å². The summed E-state index contributed by atoms with van der Waals surface area (Å²) in [5, 5.41) is 0. The molecule has 0 aromatic heterocycles. The van der Waals surface area contributed by atoms with Gasteiger partial charge in [0.25, 0.3) is 0 Å². The first kappa shape index (κ1) is 18.4. The molecule has 5 nitrogen and oxygen atoms in total. The standard InChI is InChI=1S/C23H23NO4/c25-21(14-24-22(26)19-8-4-5-9-20(19)23(24)27)28-15-16-10-12-18(13-11-16)17-6-2-1-3-7-17/h1-3,6-7,10-13,19-20H,4-5,8-9,14-15H2/t19-,20-/m1/s1. The molecule has 0 unspecified atom stereocenters. The SMILES string of the molecule is O=C(CN1C(=O)[C@@H]2CCCC[C@H]2C1=O)OCc1ccc(-c2ccccc2)cc1. The molecule has 0 spiro atoms. The molecule has 2 aromatic rings. The van der Waals surface area contributed by atoms with Crippen molar-refractivity contribution in [1.29, 1.82) is 0 Å². The van der Waals surface area contributed by atoms with E-state index in [-0.39, 0.29) is 36.8 Å². The molecule has 0 radical (unpaired) electrons. The Labute approximate surface area is 164 Å². The number of esters is 1. The van der Waals surface area contributed by atoms with Gasteiger partial charge in [-0.1, -0.05) is 67.4 Å². The smallest absolute Gasteiger partial charge is 0.326 e. The van der Waals surface area contributed by atoms with Crippen LogP contribution in [0.2, 0.25) is 0 Å². The van der Waals surface area contributed by atoms with E-state index in [1.165, 1.54) is 0 Å². The van der Waals surface area contributed by atoms with E-state index in [1.807, 2.05) is 54.6 Å². The Balaban J connectivity index is 1.32. The predicted octanol–water partition coefficient (Wildman–Crippen LogP) is 3.57. The zero-order valence-electron chi connectivity index (χ0n) is 15.7. The van der Waals surface area contributed by atoms with Gasteiger partial charge < -0.3 is 4.74 Å². The molecule has 5 heteroatoms. The number of amides is 2. The molecule has 1 heterocycles. The molecule has 4 rings (SSSR count). The van der Waals surface area contributed by atoms with Crippen LogP contribution in [0.3, 0.4) is 0 Å². The maximum atomic E-state index is 12.4. The summed E-state index contributed by atoms with van der Waals surface area (Å²) >= 11 is 0. The van der Waals surface area contributed by atoms with Crippen molar-refractivity contribution in [3.05, 3.63) is 60.2 Å². The van der Waals surface area contributed by atoms with Gasteiger partial charge in [-0.3, -0.25) is 19.3 Å². The van der Waals surface area contributed by atoms with Gasteiger partial charge in [-0.2, -0.15) is 0 Å². The molecular formula is C23H23NO4. The summed E-state index contributed by atoms with van der Waals surface area (Å²) in [6.45, 7) is -0.163. The monoisotopic (exact) mass is 377 g/mol. The first-order valence-corrected chi connectivity index (χ1v) is 9.78. The number of likely N-dealkylation sites (tertiary alicyclic amines) is 1. The second kappa shape index (κ2) is 7.97. The number of nitrogens with zero attached hydrogens (tertiary/aromatic N) is 1. The van der Waals surface area contributed by atoms with E-state index in [2.05, 4.69) is 0 Å². The van der Waals surface area contributed by atoms with Gasteiger partial charge in [0, 0.05) is 0 Å². The Hall–Kier alpha value is -2.95. The van der Waals surface area contributed by atoms with Crippen molar-refractivity contribution in [1.82, 2.24) is 4.90 Å². The van der Waals surface area contributed by atoms with Crippen LogP contribution < -0.4 is 0 Å². The van der Waals surface area contributed by atoms with E-state index in [9.17, 15) is 14.4 Å². The van der Waals surface area contributed by atoms with Crippen molar-refractivity contribution in [2.75, 3.05) is 6.54 Å². The van der Waals surface area contributed by atoms with Gasteiger partial charge in [-0.25, -0.2) is 0 Å². The molecule has 1 aliphatic carbocycles. The van der Waals surface area contributed by atoms with Crippen molar-refractivity contribution in [2.24, 2.45) is 11.8 Å². The van der Waals surface area contributed by atoms with E-state index in [0.29, 0.717) is 0 Å². The minimum Gasteiger partial charge on any atom is -0.459 e. The lowest BCUT2D eigenvalue weighted by molar-refractivity contribution is -0.153. The predicted molar refractivity (Wildman–Crippen MR) is 104 cm³/mol. The molecule has 1 saturated heterocycles. The van der Waals surface area contributed by atoms with Crippen molar-refractivity contribution in [3.63, 3.8) is 0 Å². The quantitative estimate of drug-likeness (QED) is 0.590. The second-order valence-corrected chi connectivity index (χ2v) is 7.48. The maximum absolute atomic E-state index is 12.4. The zero-order chi connectivity index (χ0) is 19.5. The lowest BCUT2D eigenvalue weighted by Gasteiger charge is -2.19. The van der Waals surface area contributed by atoms with E-state index >= 15 is 0 Å². The van der Waals surface area contributed by atoms with E-state index in [1.54, 1.807) is 0 Å². The van der Waals surface area contributed by atoms with Gasteiger partial charge in [0.2, 0.25) is 11.8 Å². The fourth-order valence-electron chi connectivity index (χ4n) is 4.15. The summed E-state index contributed by atoms with van der Waals surface area (Å²) in [7, 11) is 0. The summed E-state index contributed by atoms with van der Waals surface area (Å²) in [6, 6.07) is 17.8. The molecule has 2 fully saturated rings. The van der Waals surface area contributed by atoms with Crippen LogP contribution in [0.5, 0.6) is 0 Å². The molecular weight excluding hydrogens is 354 g/mol. The highest BCUT2D eigenvalue weighted by Crippen LogP contribution is 2.37. The van der Waals surface area contributed by atoms with Crippen LogP contribution in [0, 0.1) is 11.8 Å². The van der Waals surface area contributed by atoms with Crippen molar-refractivity contribution in [3.8, 4) is 11.1 Å². The summed E-state index contributed by atoms with van der Waals surface area (Å²) in [4.78, 5) is 38.1. The topological polar surface area (TPSA) is 63.7 Å². The molecule has 144 valence electrons. The minimum atomic E-state index is -0.549. The maximum Gasteiger partial charge on any atom is 0.326 e. The van der Waals surface area contributed by atoms with Crippen molar-refractivity contribution in [2.45, 2.75) is 32.3 Å². The zero-order valence-corrected chi connectivity index (χ0v) is 15.7. The van der Waals surface area contributed by atoms with Crippen LogP contribution in [0.15, 0.2) is 54.6 Å². The number of hydrogen-bond acceptors (Lipinski definition) is 4. The number of benzene rings is 2. The van der Waals surface area contributed by atoms with Gasteiger partial charge in [-0.15, -0.1) is 0 Å². The molecule has 0 N–H and O–H groups in total. The molecule has 2 aliphatic rings. The van der Waals surface area contributed by atoms with Crippen LogP contribution in [0.25, 0.3) is 11.1 Å². The van der Waals surface area contributed by atoms with E-state index in [0.717, 1.165) is 47.3 Å². The highest BCUT2D eigenvalue weighted by Gasteiger charge is 2.48. The van der Waals surface area contributed by atoms with Crippen molar-refractivity contribution >= 4 is 17.8 Å². The molecule has 0 bridgehead atoms. The molecule has 2 amide bonds. The summed E-state index contributed by atoms with van der Waals surface area (Å²) in [5.41, 5.74) is 3.07. The van der Waals surface area contributed by atoms with Gasteiger partial charge >= 0.3 is 5.97 Å². The highest BCUT2D eigenvalue weighted by molar-refractivity contribution is 6.07. The largest absolute Gasteiger partial charge is 0.459 e. The molecule has 1 saturated carbocycles. The number of carbonyl (C=O) groups excluding carboxylic acids is 3. The summed E-state index contributed by atoms with van der Waals surface area (Å²) in [5.74, 6) is -1.44. The normalized spacial score (nSPS) is 21.5. The minimum absolute atomic E-state index is 0.122. The molecule has 2 atom stereocenters. The third-order valence-electron chi connectivity index (χ3n) is 5.68. The average molecular weight is 377 g/mol. The Morgan fingerprint density at radius 2 is 1.43 bits per heavy atom. The fraction of sp³-hybridized carbons (Fsp3) is 0.348. The van der Waals surface area contributed by atoms with Gasteiger partial charge in [0.05, 0.1) is 11.8 Å². The summed E-state index contributed by atoms with van der Waals surface area (Å²) in [6.07, 6.45) is 3.43. The van der Waals surface area contributed by atoms with Gasteiger partial charge in [0.15, 0.2) is 0 Å². The lowest BCUT2D eigenvalue weighted by atomic mass is 9.81. The Kier molecular flexibility index (Phi) is 5.24. The number of ether oxygens (including phenoxy) is 1. The van der Waals surface area contributed by atoms with Crippen LogP contribution >= 0.6 is 0 Å². The Morgan fingerprint density at radius 3 is 2.04 bits per heavy atom. The summed E-state index contributed by atoms with van der Waals surface area (Å²) < 4.78 is 5.30. The van der Waals surface area contributed by atoms with Crippen LogP contribution in [0.1, 0.15) is 31.2 Å². The number of fused-ring (bicyclic) bond motifs is 1. The molecule has 1 aliphatic heterocycles. The number of carbonyl (C=O) groups is 3. The van der Waals surface area contributed by atoms with Crippen LogP contribution in [-0.4, -0.2) is 29.2 Å². The first-order valence-electron chi connectivity index (χ1n) is 9.78. The Bertz CT molecular complexity index is 851. The van der Waals surface area contributed by atoms with E-state index in [4.69, 9.17) is 4.74 Å². The number of hydrogen-bond donors (Lipinski definition) is 0. The van der Waals surface area contributed by atoms with Crippen LogP contribution in [0.4, 0.5) is 0 Å². The van der Waals surface area contributed by atoms with Crippen molar-refractivity contribution < 1.29 is 19.1 Å². The first-order chi connectivity index (χ1) is 13.6.